The molecule has 0 saturated carbocycles. The summed E-state index contributed by atoms with van der Waals surface area (Å²) in [7, 11) is 0. The zero-order chi connectivity index (χ0) is 19.8. The number of ether oxygens (including phenoxy) is 1. The molecule has 3 rings (SSSR count). The number of benzene rings is 2. The lowest BCUT2D eigenvalue weighted by Gasteiger charge is -2.06. The molecule has 0 saturated heterocycles. The fraction of sp³-hybridized carbons (Fsp3) is 0.273. The van der Waals surface area contributed by atoms with Gasteiger partial charge in [-0.25, -0.2) is 9.07 Å². The number of rotatable bonds is 9. The lowest BCUT2D eigenvalue weighted by Crippen LogP contribution is -2.26. The summed E-state index contributed by atoms with van der Waals surface area (Å²) in [5.74, 6) is -0.179. The maximum atomic E-state index is 13.2. The predicted molar refractivity (Wildman–Crippen MR) is 106 cm³/mol. The Bertz CT molecular complexity index is 892. The van der Waals surface area contributed by atoms with Gasteiger partial charge in [0.15, 0.2) is 11.4 Å². The van der Waals surface area contributed by atoms with Gasteiger partial charge in [0.2, 0.25) is 0 Å². The molecule has 1 aromatic heterocycles. The molecule has 0 unspecified atom stereocenters. The third-order valence-corrected chi connectivity index (χ3v) is 4.22. The molecule has 0 aliphatic heterocycles. The van der Waals surface area contributed by atoms with Crippen LogP contribution in [0, 0.1) is 5.82 Å². The van der Waals surface area contributed by atoms with Gasteiger partial charge in [-0.1, -0.05) is 37.3 Å². The molecule has 0 aliphatic carbocycles. The molecule has 1 heterocycles. The van der Waals surface area contributed by atoms with Crippen LogP contribution in [0.3, 0.4) is 0 Å². The lowest BCUT2D eigenvalue weighted by atomic mass is 10.1. The number of carbonyl (C=O) groups excluding carboxylic acids is 1. The maximum absolute atomic E-state index is 13.2. The molecule has 0 atom stereocenters. The summed E-state index contributed by atoms with van der Waals surface area (Å²) in [5, 5.41) is 7.26. The Morgan fingerprint density at radius 3 is 2.61 bits per heavy atom. The number of aryl methyl sites for hydroxylation is 1. The third-order valence-electron chi connectivity index (χ3n) is 4.22. The van der Waals surface area contributed by atoms with Crippen LogP contribution in [0.15, 0.2) is 60.8 Å². The van der Waals surface area contributed by atoms with Crippen molar-refractivity contribution in [3.8, 4) is 11.4 Å². The first-order valence-electron chi connectivity index (χ1n) is 9.48. The quantitative estimate of drug-likeness (QED) is 0.566. The van der Waals surface area contributed by atoms with Crippen molar-refractivity contribution in [1.29, 1.82) is 0 Å². The number of nitrogens with one attached hydrogen (secondary N) is 1. The summed E-state index contributed by atoms with van der Waals surface area (Å²) >= 11 is 0. The molecular weight excluding hydrogens is 357 g/mol. The second-order valence-corrected chi connectivity index (χ2v) is 6.46. The van der Waals surface area contributed by atoms with Crippen molar-refractivity contribution in [3.05, 3.63) is 77.9 Å². The fourth-order valence-corrected chi connectivity index (χ4v) is 2.78. The monoisotopic (exact) mass is 381 g/mol. The molecule has 6 heteroatoms. The number of nitrogens with zero attached hydrogens (tertiary/aromatic N) is 2. The molecule has 0 radical (unpaired) electrons. The largest absolute Gasteiger partial charge is 0.489 e. The van der Waals surface area contributed by atoms with Gasteiger partial charge < -0.3 is 10.1 Å². The van der Waals surface area contributed by atoms with E-state index in [0.717, 1.165) is 19.3 Å². The fourth-order valence-electron chi connectivity index (χ4n) is 2.78. The normalized spacial score (nSPS) is 10.6. The summed E-state index contributed by atoms with van der Waals surface area (Å²) in [4.78, 5) is 12.6. The number of amides is 1. The first-order valence-corrected chi connectivity index (χ1v) is 9.48. The van der Waals surface area contributed by atoms with Crippen LogP contribution in [0.5, 0.6) is 5.75 Å². The topological polar surface area (TPSA) is 56.2 Å². The average Bonchev–Trinajstić information content (AvgIpc) is 3.15. The highest BCUT2D eigenvalue weighted by molar-refractivity contribution is 5.94. The van der Waals surface area contributed by atoms with Gasteiger partial charge in [-0.3, -0.25) is 4.79 Å². The van der Waals surface area contributed by atoms with Gasteiger partial charge >= 0.3 is 0 Å². The Hall–Kier alpha value is -3.15. The molecule has 0 fully saturated rings. The van der Waals surface area contributed by atoms with Crippen LogP contribution in [-0.4, -0.2) is 28.8 Å². The van der Waals surface area contributed by atoms with Crippen LogP contribution in [0.25, 0.3) is 5.69 Å². The molecule has 0 spiro atoms. The second kappa shape index (κ2) is 9.69. The Morgan fingerprint density at radius 1 is 1.14 bits per heavy atom. The summed E-state index contributed by atoms with van der Waals surface area (Å²) < 4.78 is 20.4. The van der Waals surface area contributed by atoms with Crippen LogP contribution < -0.4 is 10.1 Å². The molecular formula is C22H24FN3O2. The molecule has 146 valence electrons. The summed E-state index contributed by atoms with van der Waals surface area (Å²) in [6, 6.07) is 16.1. The van der Waals surface area contributed by atoms with Crippen LogP contribution in [0.2, 0.25) is 0 Å². The SMILES string of the molecule is CCCOc1cn(-c2ccc(F)cc2)nc1C(=O)NCCCc1ccccc1. The van der Waals surface area contributed by atoms with E-state index in [1.54, 1.807) is 18.3 Å². The molecule has 1 N–H and O–H groups in total. The smallest absolute Gasteiger partial charge is 0.275 e. The van der Waals surface area contributed by atoms with Gasteiger partial charge in [0.25, 0.3) is 5.91 Å². The Kier molecular flexibility index (Phi) is 6.78. The lowest BCUT2D eigenvalue weighted by molar-refractivity contribution is 0.0944. The van der Waals surface area contributed by atoms with E-state index < -0.39 is 0 Å². The van der Waals surface area contributed by atoms with Crippen molar-refractivity contribution >= 4 is 5.91 Å². The van der Waals surface area contributed by atoms with E-state index in [9.17, 15) is 9.18 Å². The van der Waals surface area contributed by atoms with Gasteiger partial charge in [0.05, 0.1) is 18.5 Å². The van der Waals surface area contributed by atoms with E-state index in [2.05, 4.69) is 22.5 Å². The minimum atomic E-state index is -0.324. The minimum absolute atomic E-state index is 0.234. The molecule has 5 nitrogen and oxygen atoms in total. The van der Waals surface area contributed by atoms with Gasteiger partial charge in [-0.15, -0.1) is 0 Å². The predicted octanol–water partition coefficient (Wildman–Crippen LogP) is 4.16. The summed E-state index contributed by atoms with van der Waals surface area (Å²) in [5.41, 5.74) is 2.13. The molecule has 3 aromatic rings. The van der Waals surface area contributed by atoms with E-state index in [-0.39, 0.29) is 17.4 Å². The van der Waals surface area contributed by atoms with Crippen LogP contribution >= 0.6 is 0 Å². The van der Waals surface area contributed by atoms with E-state index in [0.29, 0.717) is 24.6 Å². The van der Waals surface area contributed by atoms with Gasteiger partial charge in [0, 0.05) is 6.54 Å². The number of hydrogen-bond acceptors (Lipinski definition) is 3. The van der Waals surface area contributed by atoms with E-state index in [1.165, 1.54) is 22.4 Å². The van der Waals surface area contributed by atoms with E-state index in [4.69, 9.17) is 4.74 Å². The summed E-state index contributed by atoms with van der Waals surface area (Å²) in [6.07, 6.45) is 4.20. The van der Waals surface area contributed by atoms with Gasteiger partial charge in [-0.2, -0.15) is 5.10 Å². The average molecular weight is 381 g/mol. The van der Waals surface area contributed by atoms with Crippen LogP contribution in [-0.2, 0) is 6.42 Å². The van der Waals surface area contributed by atoms with Crippen molar-refractivity contribution in [2.45, 2.75) is 26.2 Å². The first kappa shape index (κ1) is 19.6. The zero-order valence-corrected chi connectivity index (χ0v) is 15.9. The maximum Gasteiger partial charge on any atom is 0.275 e. The number of hydrogen-bond donors (Lipinski definition) is 1. The Labute approximate surface area is 164 Å². The van der Waals surface area contributed by atoms with Crippen molar-refractivity contribution in [1.82, 2.24) is 15.1 Å². The Morgan fingerprint density at radius 2 is 1.89 bits per heavy atom. The number of halogens is 1. The Balaban J connectivity index is 1.66. The van der Waals surface area contributed by atoms with E-state index >= 15 is 0 Å². The highest BCUT2D eigenvalue weighted by Crippen LogP contribution is 2.20. The second-order valence-electron chi connectivity index (χ2n) is 6.46. The van der Waals surface area contributed by atoms with Crippen molar-refractivity contribution in [2.24, 2.45) is 0 Å². The number of carbonyl (C=O) groups is 1. The molecule has 0 aliphatic rings. The molecule has 2 aromatic carbocycles. The van der Waals surface area contributed by atoms with Crippen molar-refractivity contribution in [3.63, 3.8) is 0 Å². The summed E-state index contributed by atoms with van der Waals surface area (Å²) in [6.45, 7) is 3.03. The third kappa shape index (κ3) is 5.19. The van der Waals surface area contributed by atoms with Crippen LogP contribution in [0.4, 0.5) is 4.39 Å². The molecule has 1 amide bonds. The minimum Gasteiger partial charge on any atom is -0.489 e. The highest BCUT2D eigenvalue weighted by atomic mass is 19.1. The van der Waals surface area contributed by atoms with Crippen molar-refractivity contribution < 1.29 is 13.9 Å². The van der Waals surface area contributed by atoms with E-state index in [1.807, 2.05) is 25.1 Å². The highest BCUT2D eigenvalue weighted by Gasteiger charge is 2.18. The van der Waals surface area contributed by atoms with Gasteiger partial charge in [0.1, 0.15) is 5.82 Å². The van der Waals surface area contributed by atoms with Crippen molar-refractivity contribution in [2.75, 3.05) is 13.2 Å². The zero-order valence-electron chi connectivity index (χ0n) is 15.9. The van der Waals surface area contributed by atoms with Gasteiger partial charge in [-0.05, 0) is 49.1 Å². The number of aromatic nitrogens is 2. The molecule has 0 bridgehead atoms. The molecule has 28 heavy (non-hydrogen) atoms. The van der Waals surface area contributed by atoms with Crippen LogP contribution in [0.1, 0.15) is 35.8 Å². The first-order chi connectivity index (χ1) is 13.7. The standard InChI is InChI=1S/C22H24FN3O2/c1-2-15-28-20-16-26(19-12-10-18(23)11-13-19)25-21(20)22(27)24-14-6-9-17-7-4-3-5-8-17/h3-5,7-8,10-13,16H,2,6,9,14-15H2,1H3,(H,24,27).